The fourth-order valence-electron chi connectivity index (χ4n) is 4.66. The van der Waals surface area contributed by atoms with E-state index in [1.807, 2.05) is 13.0 Å². The first-order chi connectivity index (χ1) is 17.6. The number of aromatic nitrogens is 2. The van der Waals surface area contributed by atoms with Gasteiger partial charge in [-0.15, -0.1) is 11.3 Å². The number of hydrogen-bond donors (Lipinski definition) is 3. The van der Waals surface area contributed by atoms with Crippen LogP contribution < -0.4 is 10.0 Å². The summed E-state index contributed by atoms with van der Waals surface area (Å²) in [5.41, 5.74) is 1.98. The van der Waals surface area contributed by atoms with Crippen LogP contribution in [-0.4, -0.2) is 61.2 Å². The lowest BCUT2D eigenvalue weighted by atomic mass is 9.98. The van der Waals surface area contributed by atoms with Gasteiger partial charge < -0.3 is 19.6 Å². The van der Waals surface area contributed by atoms with E-state index in [0.717, 1.165) is 21.8 Å². The maximum atomic E-state index is 13.5. The van der Waals surface area contributed by atoms with Crippen LogP contribution in [0.15, 0.2) is 29.1 Å². The lowest BCUT2D eigenvalue weighted by Crippen LogP contribution is -2.31. The average Bonchev–Trinajstić information content (AvgIpc) is 3.54. The monoisotopic (exact) mass is 568 g/mol. The minimum Gasteiger partial charge on any atom is -0.449 e. The first-order valence-corrected chi connectivity index (χ1v) is 14.2. The average molecular weight is 569 g/mol. The topological polar surface area (TPSA) is 153 Å². The van der Waals surface area contributed by atoms with Crippen LogP contribution in [0.2, 0.25) is 5.22 Å². The molecule has 1 aliphatic carbocycles. The van der Waals surface area contributed by atoms with E-state index in [4.69, 9.17) is 24.9 Å². The molecule has 14 heteroatoms. The molecule has 3 aromatic heterocycles. The first-order valence-electron chi connectivity index (χ1n) is 11.6. The van der Waals surface area contributed by atoms with Gasteiger partial charge in [0, 0.05) is 42.2 Å². The number of carbonyl (C=O) groups is 1. The van der Waals surface area contributed by atoms with Crippen LogP contribution in [0, 0.1) is 6.92 Å². The Balaban J connectivity index is 1.36. The van der Waals surface area contributed by atoms with Crippen LogP contribution in [0.4, 0.5) is 5.82 Å². The number of rotatable bonds is 8. The minimum absolute atomic E-state index is 0.205. The molecule has 4 heterocycles. The van der Waals surface area contributed by atoms with Crippen molar-refractivity contribution in [2.24, 2.45) is 0 Å². The molecule has 5 rings (SSSR count). The third kappa shape index (κ3) is 5.43. The molecule has 0 unspecified atom stereocenters. The highest BCUT2D eigenvalue weighted by Crippen LogP contribution is 2.40. The van der Waals surface area contributed by atoms with Crippen LogP contribution in [-0.2, 0) is 25.6 Å². The van der Waals surface area contributed by atoms with Gasteiger partial charge in [-0.2, -0.15) is 13.1 Å². The van der Waals surface area contributed by atoms with Crippen LogP contribution >= 0.6 is 22.9 Å². The molecule has 0 bridgehead atoms. The second kappa shape index (κ2) is 10.4. The highest BCUT2D eigenvalue weighted by molar-refractivity contribution is 7.84. The van der Waals surface area contributed by atoms with Crippen molar-refractivity contribution in [2.75, 3.05) is 19.0 Å². The molecular weight excluding hydrogens is 544 g/mol. The summed E-state index contributed by atoms with van der Waals surface area (Å²) in [4.78, 5) is 23.2. The molecule has 198 valence electrons. The summed E-state index contributed by atoms with van der Waals surface area (Å²) >= 11 is 7.42. The molecule has 11 nitrogen and oxygen atoms in total. The number of aryl methyl sites for hydroxylation is 1. The van der Waals surface area contributed by atoms with Gasteiger partial charge in [-0.3, -0.25) is 8.98 Å². The number of fused-ring (bicyclic) bond motifs is 1. The van der Waals surface area contributed by atoms with Gasteiger partial charge in [-0.1, -0.05) is 0 Å². The quantitative estimate of drug-likeness (QED) is 0.346. The van der Waals surface area contributed by atoms with E-state index in [0.29, 0.717) is 28.9 Å². The smallest absolute Gasteiger partial charge is 0.335 e. The molecule has 0 radical (unpaired) electrons. The lowest BCUT2D eigenvalue weighted by molar-refractivity contribution is 0.0636. The Morgan fingerprint density at radius 1 is 1.30 bits per heavy atom. The molecule has 2 aliphatic rings. The number of anilines is 1. The number of ketones is 1. The van der Waals surface area contributed by atoms with Crippen molar-refractivity contribution in [3.63, 3.8) is 0 Å². The second-order valence-electron chi connectivity index (χ2n) is 8.84. The van der Waals surface area contributed by atoms with E-state index in [1.165, 1.54) is 30.9 Å². The molecule has 1 fully saturated rings. The Morgan fingerprint density at radius 2 is 2.11 bits per heavy atom. The van der Waals surface area contributed by atoms with Gasteiger partial charge in [-0.25, -0.2) is 9.97 Å². The van der Waals surface area contributed by atoms with Crippen molar-refractivity contribution in [1.29, 1.82) is 0 Å². The highest BCUT2D eigenvalue weighted by Gasteiger charge is 2.37. The summed E-state index contributed by atoms with van der Waals surface area (Å²) in [6.07, 6.45) is 1.50. The van der Waals surface area contributed by atoms with Crippen molar-refractivity contribution in [2.45, 2.75) is 50.5 Å². The summed E-state index contributed by atoms with van der Waals surface area (Å²) in [5, 5.41) is 13.8. The van der Waals surface area contributed by atoms with Gasteiger partial charge >= 0.3 is 10.3 Å². The molecule has 3 N–H and O–H groups in total. The number of nitrogens with zero attached hydrogens (tertiary/aromatic N) is 2. The number of thiophene rings is 1. The van der Waals surface area contributed by atoms with E-state index in [9.17, 15) is 18.3 Å². The predicted octanol–water partition coefficient (Wildman–Crippen LogP) is 2.77. The van der Waals surface area contributed by atoms with E-state index in [-0.39, 0.29) is 36.3 Å². The zero-order valence-corrected chi connectivity index (χ0v) is 22.3. The Kier molecular flexibility index (Phi) is 7.38. The van der Waals surface area contributed by atoms with Crippen LogP contribution in [0.5, 0.6) is 0 Å². The molecule has 3 aromatic rings. The summed E-state index contributed by atoms with van der Waals surface area (Å²) in [6, 6.07) is 3.20. The Morgan fingerprint density at radius 3 is 2.89 bits per heavy atom. The van der Waals surface area contributed by atoms with Gasteiger partial charge in [0.15, 0.2) is 5.22 Å². The minimum atomic E-state index is -3.96. The fraction of sp³-hybridized carbons (Fsp3) is 0.435. The Bertz CT molecular complexity index is 1420. The van der Waals surface area contributed by atoms with E-state index in [2.05, 4.69) is 20.0 Å². The molecule has 0 saturated heterocycles. The maximum absolute atomic E-state index is 13.5. The Labute approximate surface area is 222 Å². The third-order valence-corrected chi connectivity index (χ3v) is 8.69. The van der Waals surface area contributed by atoms with Gasteiger partial charge in [-0.05, 0) is 43.0 Å². The number of ether oxygens (including phenoxy) is 1. The Hall–Kier alpha value is -2.39. The maximum Gasteiger partial charge on any atom is 0.335 e. The molecule has 1 saturated carbocycles. The molecule has 4 atom stereocenters. The second-order valence-corrected chi connectivity index (χ2v) is 12.0. The highest BCUT2D eigenvalue weighted by atomic mass is 35.5. The summed E-state index contributed by atoms with van der Waals surface area (Å²) in [7, 11) is -2.73. The third-order valence-electron chi connectivity index (χ3n) is 6.44. The molecule has 0 aromatic carbocycles. The SMILES string of the molecule is CNS(=O)(=O)O[C@@H]1C[C@H](Nc2ncncc2C(=O)c2cc([C@H]3OCCc4oc(Cl)cc43)c(C)s2)C[C@@H]1O. The first kappa shape index (κ1) is 26.2. The fourth-order valence-corrected chi connectivity index (χ4v) is 6.50. The summed E-state index contributed by atoms with van der Waals surface area (Å²) in [5.74, 6) is 0.804. The van der Waals surface area contributed by atoms with E-state index in [1.54, 1.807) is 6.07 Å². The molecule has 1 aliphatic heterocycles. The lowest BCUT2D eigenvalue weighted by Gasteiger charge is -2.22. The number of halogens is 1. The van der Waals surface area contributed by atoms with Crippen molar-refractivity contribution in [3.8, 4) is 0 Å². The van der Waals surface area contributed by atoms with Gasteiger partial charge in [0.25, 0.3) is 0 Å². The van der Waals surface area contributed by atoms with Crippen molar-refractivity contribution >= 4 is 44.8 Å². The standard InChI is InChI=1S/C23H25ClN4O7S2/c1-11-13(22-14-8-20(24)34-17(14)3-4-33-22)7-19(36-11)21(30)15-9-26-10-27-23(15)28-12-5-16(29)18(6-12)35-37(31,32)25-2/h7-10,12,16,18,22,25,29H,3-6H2,1-2H3,(H,26,27,28)/t12-,16+,18-,22-/m1/s1. The number of nitrogens with one attached hydrogen (secondary N) is 2. The van der Waals surface area contributed by atoms with Crippen LogP contribution in [0.1, 0.15) is 55.9 Å². The van der Waals surface area contributed by atoms with Crippen LogP contribution in [0.25, 0.3) is 0 Å². The normalized spacial score (nSPS) is 23.7. The largest absolute Gasteiger partial charge is 0.449 e. The molecule has 37 heavy (non-hydrogen) atoms. The van der Waals surface area contributed by atoms with Crippen molar-refractivity contribution < 1.29 is 31.7 Å². The number of aliphatic hydroxyl groups is 1. The predicted molar refractivity (Wildman–Crippen MR) is 135 cm³/mol. The number of hydrogen-bond acceptors (Lipinski definition) is 11. The van der Waals surface area contributed by atoms with Gasteiger partial charge in [0.1, 0.15) is 30.1 Å². The van der Waals surface area contributed by atoms with Gasteiger partial charge in [0.2, 0.25) is 5.78 Å². The van der Waals surface area contributed by atoms with Crippen LogP contribution in [0.3, 0.4) is 0 Å². The summed E-state index contributed by atoms with van der Waals surface area (Å²) < 4.78 is 42.1. The summed E-state index contributed by atoms with van der Waals surface area (Å²) in [6.45, 7) is 2.41. The number of aliphatic hydroxyl groups excluding tert-OH is 1. The molecule has 0 amide bonds. The van der Waals surface area contributed by atoms with E-state index >= 15 is 0 Å². The van der Waals surface area contributed by atoms with Crippen molar-refractivity contribution in [3.05, 3.63) is 62.1 Å². The van der Waals surface area contributed by atoms with Gasteiger partial charge in [0.05, 0.1) is 23.2 Å². The number of furan rings is 1. The van der Waals surface area contributed by atoms with E-state index < -0.39 is 22.5 Å². The molecule has 0 spiro atoms. The zero-order valence-electron chi connectivity index (χ0n) is 19.9. The number of carbonyl (C=O) groups excluding carboxylic acids is 1. The molecular formula is C23H25ClN4O7S2. The van der Waals surface area contributed by atoms with Crippen molar-refractivity contribution in [1.82, 2.24) is 14.7 Å². The zero-order chi connectivity index (χ0) is 26.3.